The molecule has 1 aromatic rings. The number of hydrogen-bond donors (Lipinski definition) is 2. The number of nitrogens with one attached hydrogen (secondary N) is 1. The Labute approximate surface area is 122 Å². The highest BCUT2D eigenvalue weighted by Gasteiger charge is 2.15. The Balaban J connectivity index is 2.46. The Morgan fingerprint density at radius 1 is 1.30 bits per heavy atom. The molecule has 0 aromatic heterocycles. The van der Waals surface area contributed by atoms with E-state index in [1.165, 1.54) is 5.56 Å². The second-order valence-electron chi connectivity index (χ2n) is 5.57. The molecule has 4 nitrogen and oxygen atoms in total. The zero-order valence-corrected chi connectivity index (χ0v) is 12.8. The van der Waals surface area contributed by atoms with Gasteiger partial charge in [-0.3, -0.25) is 4.79 Å². The molecule has 0 radical (unpaired) electrons. The van der Waals surface area contributed by atoms with Crippen molar-refractivity contribution in [2.24, 2.45) is 11.7 Å². The highest BCUT2D eigenvalue weighted by Crippen LogP contribution is 2.16. The highest BCUT2D eigenvalue weighted by atomic mass is 16.1. The smallest absolute Gasteiger partial charge is 0.220 e. The number of carbonyl (C=O) groups excluding carboxylic acids is 1. The summed E-state index contributed by atoms with van der Waals surface area (Å²) in [4.78, 5) is 14.0. The SMILES string of the molecule is CC(CN)CCC(=O)NCC(c1ccccc1)N(C)C. The van der Waals surface area contributed by atoms with Crippen molar-refractivity contribution >= 4 is 5.91 Å². The van der Waals surface area contributed by atoms with Gasteiger partial charge in [0.1, 0.15) is 0 Å². The lowest BCUT2D eigenvalue weighted by molar-refractivity contribution is -0.121. The summed E-state index contributed by atoms with van der Waals surface area (Å²) in [6.45, 7) is 3.34. The van der Waals surface area contributed by atoms with Crippen LogP contribution in [0.15, 0.2) is 30.3 Å². The lowest BCUT2D eigenvalue weighted by Gasteiger charge is -2.25. The van der Waals surface area contributed by atoms with Crippen LogP contribution in [0.25, 0.3) is 0 Å². The van der Waals surface area contributed by atoms with Crippen molar-refractivity contribution in [1.29, 1.82) is 0 Å². The molecule has 0 saturated heterocycles. The van der Waals surface area contributed by atoms with Crippen molar-refractivity contribution in [1.82, 2.24) is 10.2 Å². The molecular formula is C16H27N3O. The first-order chi connectivity index (χ1) is 9.54. The van der Waals surface area contributed by atoms with Gasteiger partial charge >= 0.3 is 0 Å². The fraction of sp³-hybridized carbons (Fsp3) is 0.562. The number of nitrogens with zero attached hydrogens (tertiary/aromatic N) is 1. The van der Waals surface area contributed by atoms with Gasteiger partial charge in [0.05, 0.1) is 6.04 Å². The van der Waals surface area contributed by atoms with E-state index in [4.69, 9.17) is 5.73 Å². The van der Waals surface area contributed by atoms with Crippen LogP contribution >= 0.6 is 0 Å². The predicted molar refractivity (Wildman–Crippen MR) is 83.3 cm³/mol. The van der Waals surface area contributed by atoms with Crippen molar-refractivity contribution in [2.75, 3.05) is 27.2 Å². The molecule has 0 spiro atoms. The van der Waals surface area contributed by atoms with Crippen LogP contribution < -0.4 is 11.1 Å². The summed E-state index contributed by atoms with van der Waals surface area (Å²) in [6, 6.07) is 10.4. The van der Waals surface area contributed by atoms with Crippen LogP contribution in [0.3, 0.4) is 0 Å². The molecule has 3 N–H and O–H groups in total. The van der Waals surface area contributed by atoms with Crippen LogP contribution in [0.1, 0.15) is 31.4 Å². The van der Waals surface area contributed by atoms with E-state index in [-0.39, 0.29) is 11.9 Å². The van der Waals surface area contributed by atoms with E-state index in [0.29, 0.717) is 25.4 Å². The van der Waals surface area contributed by atoms with E-state index in [1.54, 1.807) is 0 Å². The van der Waals surface area contributed by atoms with Gasteiger partial charge in [-0.2, -0.15) is 0 Å². The third-order valence-corrected chi connectivity index (χ3v) is 3.57. The first-order valence-corrected chi connectivity index (χ1v) is 7.22. The average Bonchev–Trinajstić information content (AvgIpc) is 2.45. The second-order valence-corrected chi connectivity index (χ2v) is 5.57. The van der Waals surface area contributed by atoms with Gasteiger partial charge in [-0.25, -0.2) is 0 Å². The monoisotopic (exact) mass is 277 g/mol. The van der Waals surface area contributed by atoms with Crippen molar-refractivity contribution in [3.05, 3.63) is 35.9 Å². The molecular weight excluding hydrogens is 250 g/mol. The van der Waals surface area contributed by atoms with Crippen molar-refractivity contribution in [2.45, 2.75) is 25.8 Å². The summed E-state index contributed by atoms with van der Waals surface area (Å²) < 4.78 is 0. The molecule has 0 aliphatic heterocycles. The van der Waals surface area contributed by atoms with Crippen LogP contribution in [-0.2, 0) is 4.79 Å². The molecule has 2 atom stereocenters. The van der Waals surface area contributed by atoms with Crippen molar-refractivity contribution in [3.8, 4) is 0 Å². The Morgan fingerprint density at radius 2 is 1.95 bits per heavy atom. The van der Waals surface area contributed by atoms with Gasteiger partial charge in [0, 0.05) is 13.0 Å². The Bertz CT molecular complexity index is 392. The minimum absolute atomic E-state index is 0.105. The van der Waals surface area contributed by atoms with Crippen LogP contribution in [0.2, 0.25) is 0 Å². The second kappa shape index (κ2) is 8.72. The summed E-state index contributed by atoms with van der Waals surface area (Å²) in [5.41, 5.74) is 6.77. The lowest BCUT2D eigenvalue weighted by atomic mass is 10.0. The minimum atomic E-state index is 0.105. The van der Waals surface area contributed by atoms with Crippen LogP contribution in [0.5, 0.6) is 0 Å². The van der Waals surface area contributed by atoms with Crippen molar-refractivity contribution in [3.63, 3.8) is 0 Å². The maximum absolute atomic E-state index is 11.9. The van der Waals surface area contributed by atoms with Gasteiger partial charge in [-0.15, -0.1) is 0 Å². The molecule has 4 heteroatoms. The van der Waals surface area contributed by atoms with E-state index >= 15 is 0 Å². The summed E-state index contributed by atoms with van der Waals surface area (Å²) in [7, 11) is 4.06. The van der Waals surface area contributed by atoms with Crippen LogP contribution in [0.4, 0.5) is 0 Å². The quantitative estimate of drug-likeness (QED) is 0.761. The van der Waals surface area contributed by atoms with Crippen molar-refractivity contribution < 1.29 is 4.79 Å². The standard InChI is InChI=1S/C16H27N3O/c1-13(11-17)9-10-16(20)18-12-15(19(2)3)14-7-5-4-6-8-14/h4-8,13,15H,9-12,17H2,1-3H3,(H,18,20). The third kappa shape index (κ3) is 5.72. The molecule has 0 aliphatic carbocycles. The molecule has 0 fully saturated rings. The molecule has 1 rings (SSSR count). The highest BCUT2D eigenvalue weighted by molar-refractivity contribution is 5.75. The zero-order valence-electron chi connectivity index (χ0n) is 12.8. The van der Waals surface area contributed by atoms with E-state index in [1.807, 2.05) is 32.3 Å². The number of carbonyl (C=O) groups is 1. The Kier molecular flexibility index (Phi) is 7.26. The van der Waals surface area contributed by atoms with Gasteiger partial charge < -0.3 is 16.0 Å². The molecule has 0 bridgehead atoms. The molecule has 2 unspecified atom stereocenters. The zero-order chi connectivity index (χ0) is 15.0. The molecule has 112 valence electrons. The molecule has 0 heterocycles. The fourth-order valence-corrected chi connectivity index (χ4v) is 2.07. The fourth-order valence-electron chi connectivity index (χ4n) is 2.07. The van der Waals surface area contributed by atoms with Crippen LogP contribution in [-0.4, -0.2) is 38.0 Å². The molecule has 0 saturated carbocycles. The lowest BCUT2D eigenvalue weighted by Crippen LogP contribution is -2.34. The van der Waals surface area contributed by atoms with Gasteiger partial charge in [0.2, 0.25) is 5.91 Å². The largest absolute Gasteiger partial charge is 0.354 e. The number of rotatable bonds is 8. The molecule has 1 aromatic carbocycles. The van der Waals surface area contributed by atoms with E-state index < -0.39 is 0 Å². The summed E-state index contributed by atoms with van der Waals surface area (Å²) in [5.74, 6) is 0.507. The number of hydrogen-bond acceptors (Lipinski definition) is 3. The van der Waals surface area contributed by atoms with Gasteiger partial charge in [-0.1, -0.05) is 37.3 Å². The first-order valence-electron chi connectivity index (χ1n) is 7.22. The van der Waals surface area contributed by atoms with Crippen LogP contribution in [0, 0.1) is 5.92 Å². The minimum Gasteiger partial charge on any atom is -0.354 e. The first kappa shape index (κ1) is 16.7. The molecule has 0 aliphatic rings. The number of nitrogens with two attached hydrogens (primary N) is 1. The van der Waals surface area contributed by atoms with E-state index in [9.17, 15) is 4.79 Å². The normalized spacial score (nSPS) is 14.1. The summed E-state index contributed by atoms with van der Waals surface area (Å²) >= 11 is 0. The Morgan fingerprint density at radius 3 is 2.50 bits per heavy atom. The number of amides is 1. The predicted octanol–water partition coefficient (Wildman–Crippen LogP) is 1.78. The van der Waals surface area contributed by atoms with Gasteiger partial charge in [0.25, 0.3) is 0 Å². The molecule has 20 heavy (non-hydrogen) atoms. The average molecular weight is 277 g/mol. The topological polar surface area (TPSA) is 58.4 Å². The van der Waals surface area contributed by atoms with Gasteiger partial charge in [0.15, 0.2) is 0 Å². The third-order valence-electron chi connectivity index (χ3n) is 3.57. The summed E-state index contributed by atoms with van der Waals surface area (Å²) in [5, 5.41) is 3.02. The maximum Gasteiger partial charge on any atom is 0.220 e. The number of likely N-dealkylation sites (N-methyl/N-ethyl adjacent to an activating group) is 1. The van der Waals surface area contributed by atoms with Gasteiger partial charge in [-0.05, 0) is 38.5 Å². The van der Waals surface area contributed by atoms with E-state index in [2.05, 4.69) is 29.3 Å². The van der Waals surface area contributed by atoms with E-state index in [0.717, 1.165) is 6.42 Å². The summed E-state index contributed by atoms with van der Waals surface area (Å²) in [6.07, 6.45) is 1.40. The maximum atomic E-state index is 11.9. The Hall–Kier alpha value is -1.39. The number of benzene rings is 1. The molecule has 1 amide bonds.